The maximum Gasteiger partial charge on any atom is 0.300 e. The molecule has 1 saturated carbocycles. The van der Waals surface area contributed by atoms with Crippen LogP contribution in [0.5, 0.6) is 0 Å². The van der Waals surface area contributed by atoms with Gasteiger partial charge in [-0.25, -0.2) is 4.79 Å². The molecule has 1 heterocycles. The largest absolute Gasteiger partial charge is 0.337 e. The summed E-state index contributed by atoms with van der Waals surface area (Å²) in [5.41, 5.74) is 0. The predicted molar refractivity (Wildman–Crippen MR) is 43.3 cm³/mol. The lowest BCUT2D eigenvalue weighted by atomic mass is 10.1. The third kappa shape index (κ3) is 1.65. The van der Waals surface area contributed by atoms with Crippen LogP contribution >= 0.6 is 0 Å². The van der Waals surface area contributed by atoms with Gasteiger partial charge in [-0.05, 0) is 18.0 Å². The Bertz CT molecular complexity index is 335. The summed E-state index contributed by atoms with van der Waals surface area (Å²) in [6.07, 6.45) is 5.97. The van der Waals surface area contributed by atoms with Crippen LogP contribution in [0.25, 0.3) is 0 Å². The monoisotopic (exact) mass is 179 g/mol. The SMILES string of the molecule is O=C=Nc1noc(C2CCCC2)n1. The highest BCUT2D eigenvalue weighted by Crippen LogP contribution is 2.33. The third-order valence-electron chi connectivity index (χ3n) is 2.28. The molecule has 0 atom stereocenters. The Morgan fingerprint density at radius 2 is 2.23 bits per heavy atom. The van der Waals surface area contributed by atoms with Crippen molar-refractivity contribution >= 4 is 12.0 Å². The minimum Gasteiger partial charge on any atom is -0.337 e. The number of hydrogen-bond acceptors (Lipinski definition) is 5. The minimum atomic E-state index is 0.0805. The van der Waals surface area contributed by atoms with Gasteiger partial charge in [-0.1, -0.05) is 12.8 Å². The van der Waals surface area contributed by atoms with Gasteiger partial charge in [-0.2, -0.15) is 4.98 Å². The molecule has 0 radical (unpaired) electrons. The van der Waals surface area contributed by atoms with E-state index >= 15 is 0 Å². The van der Waals surface area contributed by atoms with E-state index in [2.05, 4.69) is 15.1 Å². The molecule has 1 fully saturated rings. The first kappa shape index (κ1) is 8.13. The minimum absolute atomic E-state index is 0.0805. The van der Waals surface area contributed by atoms with Gasteiger partial charge in [0, 0.05) is 5.92 Å². The van der Waals surface area contributed by atoms with Crippen LogP contribution in [0.3, 0.4) is 0 Å². The Kier molecular flexibility index (Phi) is 2.19. The molecular weight excluding hydrogens is 170 g/mol. The number of aromatic nitrogens is 2. The molecule has 1 aromatic rings. The van der Waals surface area contributed by atoms with Crippen molar-refractivity contribution in [2.75, 3.05) is 0 Å². The summed E-state index contributed by atoms with van der Waals surface area (Å²) in [6, 6.07) is 0. The van der Waals surface area contributed by atoms with Crippen LogP contribution in [0.4, 0.5) is 5.95 Å². The lowest BCUT2D eigenvalue weighted by molar-refractivity contribution is 0.354. The van der Waals surface area contributed by atoms with Crippen molar-refractivity contribution in [3.63, 3.8) is 0 Å². The second kappa shape index (κ2) is 3.49. The summed E-state index contributed by atoms with van der Waals surface area (Å²) in [4.78, 5) is 17.1. The highest BCUT2D eigenvalue weighted by molar-refractivity contribution is 5.40. The fourth-order valence-electron chi connectivity index (χ4n) is 1.65. The summed E-state index contributed by atoms with van der Waals surface area (Å²) in [6.45, 7) is 0. The zero-order valence-electron chi connectivity index (χ0n) is 7.06. The first-order valence-electron chi connectivity index (χ1n) is 4.31. The van der Waals surface area contributed by atoms with Crippen molar-refractivity contribution in [3.8, 4) is 0 Å². The summed E-state index contributed by atoms with van der Waals surface area (Å²) >= 11 is 0. The van der Waals surface area contributed by atoms with Crippen LogP contribution in [0, 0.1) is 0 Å². The van der Waals surface area contributed by atoms with Crippen molar-refractivity contribution < 1.29 is 9.32 Å². The molecule has 0 saturated heterocycles. The Morgan fingerprint density at radius 3 is 2.92 bits per heavy atom. The predicted octanol–water partition coefficient (Wildman–Crippen LogP) is 1.69. The van der Waals surface area contributed by atoms with E-state index in [0.717, 1.165) is 12.8 Å². The lowest BCUT2D eigenvalue weighted by Gasteiger charge is -1.98. The summed E-state index contributed by atoms with van der Waals surface area (Å²) in [5, 5.41) is 3.54. The van der Waals surface area contributed by atoms with Crippen molar-refractivity contribution in [2.24, 2.45) is 4.99 Å². The Hall–Kier alpha value is -1.48. The van der Waals surface area contributed by atoms with Gasteiger partial charge in [-0.15, -0.1) is 4.99 Å². The molecule has 13 heavy (non-hydrogen) atoms. The van der Waals surface area contributed by atoms with Crippen molar-refractivity contribution in [1.82, 2.24) is 10.1 Å². The van der Waals surface area contributed by atoms with Gasteiger partial charge in [0.1, 0.15) is 0 Å². The molecule has 68 valence electrons. The van der Waals surface area contributed by atoms with Gasteiger partial charge in [-0.3, -0.25) is 0 Å². The second-order valence-corrected chi connectivity index (χ2v) is 3.12. The molecule has 0 unspecified atom stereocenters. The van der Waals surface area contributed by atoms with Crippen molar-refractivity contribution in [2.45, 2.75) is 31.6 Å². The van der Waals surface area contributed by atoms with E-state index in [1.807, 2.05) is 0 Å². The molecular formula is C8H9N3O2. The average Bonchev–Trinajstić information content (AvgIpc) is 2.70. The quantitative estimate of drug-likeness (QED) is 0.511. The van der Waals surface area contributed by atoms with Crippen LogP contribution in [0.1, 0.15) is 37.5 Å². The maximum atomic E-state index is 9.89. The van der Waals surface area contributed by atoms with E-state index in [9.17, 15) is 4.79 Å². The van der Waals surface area contributed by atoms with Crippen LogP contribution in [-0.4, -0.2) is 16.2 Å². The molecule has 0 amide bonds. The molecule has 0 N–H and O–H groups in total. The van der Waals surface area contributed by atoms with Crippen LogP contribution < -0.4 is 0 Å². The van der Waals surface area contributed by atoms with E-state index in [1.54, 1.807) is 0 Å². The molecule has 2 rings (SSSR count). The summed E-state index contributed by atoms with van der Waals surface area (Å²) in [7, 11) is 0. The van der Waals surface area contributed by atoms with E-state index < -0.39 is 0 Å². The van der Waals surface area contributed by atoms with Gasteiger partial charge in [0.25, 0.3) is 5.95 Å². The zero-order valence-corrected chi connectivity index (χ0v) is 7.06. The second-order valence-electron chi connectivity index (χ2n) is 3.12. The van der Waals surface area contributed by atoms with Crippen LogP contribution in [0.2, 0.25) is 0 Å². The van der Waals surface area contributed by atoms with Gasteiger partial charge < -0.3 is 4.52 Å². The average molecular weight is 179 g/mol. The fourth-order valence-corrected chi connectivity index (χ4v) is 1.65. The highest BCUT2D eigenvalue weighted by Gasteiger charge is 2.22. The molecule has 5 heteroatoms. The van der Waals surface area contributed by atoms with E-state index in [0.29, 0.717) is 11.8 Å². The Morgan fingerprint density at radius 1 is 1.46 bits per heavy atom. The smallest absolute Gasteiger partial charge is 0.300 e. The van der Waals surface area contributed by atoms with E-state index in [4.69, 9.17) is 4.52 Å². The first-order chi connectivity index (χ1) is 6.40. The third-order valence-corrected chi connectivity index (χ3v) is 2.28. The van der Waals surface area contributed by atoms with Crippen molar-refractivity contribution in [3.05, 3.63) is 5.89 Å². The van der Waals surface area contributed by atoms with E-state index in [1.165, 1.54) is 18.9 Å². The molecule has 5 nitrogen and oxygen atoms in total. The number of nitrogens with zero attached hydrogens (tertiary/aromatic N) is 3. The Labute approximate surface area is 74.9 Å². The van der Waals surface area contributed by atoms with Crippen LogP contribution in [0.15, 0.2) is 9.52 Å². The van der Waals surface area contributed by atoms with Gasteiger partial charge in [0.05, 0.1) is 0 Å². The topological polar surface area (TPSA) is 68.3 Å². The standard InChI is InChI=1S/C8H9N3O2/c12-5-9-8-10-7(13-11-8)6-3-1-2-4-6/h6H,1-4H2. The molecule has 1 aliphatic rings. The molecule has 0 spiro atoms. The molecule has 0 aromatic carbocycles. The van der Waals surface area contributed by atoms with Gasteiger partial charge in [0.15, 0.2) is 0 Å². The number of aliphatic imine (C=N–C) groups is 1. The lowest BCUT2D eigenvalue weighted by Crippen LogP contribution is -1.90. The van der Waals surface area contributed by atoms with Crippen LogP contribution in [-0.2, 0) is 4.79 Å². The normalized spacial score (nSPS) is 17.2. The van der Waals surface area contributed by atoms with E-state index in [-0.39, 0.29) is 5.95 Å². The summed E-state index contributed by atoms with van der Waals surface area (Å²) < 4.78 is 4.97. The van der Waals surface area contributed by atoms with Gasteiger partial charge >= 0.3 is 0 Å². The van der Waals surface area contributed by atoms with Crippen molar-refractivity contribution in [1.29, 1.82) is 0 Å². The molecule has 1 aliphatic carbocycles. The Balaban J connectivity index is 2.16. The molecule has 0 bridgehead atoms. The molecule has 1 aromatic heterocycles. The fraction of sp³-hybridized carbons (Fsp3) is 0.625. The number of rotatable bonds is 2. The highest BCUT2D eigenvalue weighted by atomic mass is 16.5. The first-order valence-corrected chi connectivity index (χ1v) is 4.31. The molecule has 0 aliphatic heterocycles. The number of isocyanates is 1. The number of carbonyl (C=O) groups excluding carboxylic acids is 1. The number of hydrogen-bond donors (Lipinski definition) is 0. The maximum absolute atomic E-state index is 9.89. The summed E-state index contributed by atoms with van der Waals surface area (Å²) in [5.74, 6) is 1.05. The van der Waals surface area contributed by atoms with Gasteiger partial charge in [0.2, 0.25) is 12.0 Å². The zero-order chi connectivity index (χ0) is 9.10.